The van der Waals surface area contributed by atoms with Crippen LogP contribution in [0.2, 0.25) is 0 Å². The third kappa shape index (κ3) is 4.37. The zero-order valence-corrected chi connectivity index (χ0v) is 20.6. The molecule has 1 atom stereocenters. The van der Waals surface area contributed by atoms with E-state index in [1.807, 2.05) is 19.3 Å². The van der Waals surface area contributed by atoms with Crippen LogP contribution < -0.4 is 14.4 Å². The van der Waals surface area contributed by atoms with Crippen LogP contribution in [0.25, 0.3) is 22.2 Å². The lowest BCUT2D eigenvalue weighted by atomic mass is 10.1. The highest BCUT2D eigenvalue weighted by Crippen LogP contribution is 2.40. The molecule has 1 unspecified atom stereocenters. The third-order valence-corrected chi connectivity index (χ3v) is 6.50. The molecule has 37 heavy (non-hydrogen) atoms. The minimum atomic E-state index is -0.912. The van der Waals surface area contributed by atoms with Gasteiger partial charge in [0.15, 0.2) is 29.2 Å². The molecule has 4 aromatic rings. The fourth-order valence-corrected chi connectivity index (χ4v) is 4.48. The van der Waals surface area contributed by atoms with Crippen molar-refractivity contribution in [3.63, 3.8) is 0 Å². The Morgan fingerprint density at radius 3 is 2.43 bits per heavy atom. The summed E-state index contributed by atoms with van der Waals surface area (Å²) in [6.07, 6.45) is 6.08. The molecule has 4 heterocycles. The summed E-state index contributed by atoms with van der Waals surface area (Å²) >= 11 is 0. The molecule has 0 spiro atoms. The summed E-state index contributed by atoms with van der Waals surface area (Å²) in [5.74, 6) is -2.07. The van der Waals surface area contributed by atoms with Gasteiger partial charge in [0.25, 0.3) is 0 Å². The van der Waals surface area contributed by atoms with Crippen molar-refractivity contribution in [1.29, 1.82) is 0 Å². The van der Waals surface area contributed by atoms with Crippen molar-refractivity contribution in [2.75, 3.05) is 25.7 Å². The van der Waals surface area contributed by atoms with E-state index < -0.39 is 17.3 Å². The van der Waals surface area contributed by atoms with Gasteiger partial charge in [0, 0.05) is 43.1 Å². The number of methoxy groups -OCH3 is 2. The number of fused-ring (bicyclic) bond motifs is 1. The number of halogens is 2. The molecular weight excluding hydrogens is 482 g/mol. The molecule has 1 aliphatic rings. The van der Waals surface area contributed by atoms with Crippen molar-refractivity contribution >= 4 is 35.2 Å². The average Bonchev–Trinajstić information content (AvgIpc) is 3.48. The van der Waals surface area contributed by atoms with Gasteiger partial charge in [-0.2, -0.15) is 9.67 Å². The van der Waals surface area contributed by atoms with E-state index in [-0.39, 0.29) is 35.8 Å². The molecule has 1 aliphatic heterocycles. The van der Waals surface area contributed by atoms with Gasteiger partial charge < -0.3 is 14.4 Å². The molecule has 0 N–H and O–H groups in total. The third-order valence-electron chi connectivity index (χ3n) is 6.50. The van der Waals surface area contributed by atoms with Crippen LogP contribution in [-0.4, -0.2) is 63.8 Å². The standard InChI is InChI=1S/C26H25F2N6O3/c1-32-13-16(12-30-32)15-9-19-18(29-11-15)6-7-22(31-19)34(14-17-5-8-23(35)33(17)2)26-24(27)20(36-3)10-21(37-4)25(26)28/h6-7,9-13,17H,2,5,8,14H2,1,3-4H3/q+1. The number of hydrogen-bond donors (Lipinski definition) is 0. The SMILES string of the molecule is C=[N+]1C(=O)CCC1CN(c1ccc2ncc(-c3cnn(C)c3)cc2n1)c1c(F)c(OC)cc(OC)c1F. The Morgan fingerprint density at radius 2 is 1.84 bits per heavy atom. The van der Waals surface area contributed by atoms with Gasteiger partial charge in [-0.05, 0) is 18.2 Å². The van der Waals surface area contributed by atoms with Crippen molar-refractivity contribution < 1.29 is 27.6 Å². The van der Waals surface area contributed by atoms with Crippen molar-refractivity contribution in [2.24, 2.45) is 7.05 Å². The first-order chi connectivity index (χ1) is 17.8. The van der Waals surface area contributed by atoms with Gasteiger partial charge in [-0.3, -0.25) is 9.67 Å². The number of carbonyl (C=O) groups is 1. The lowest BCUT2D eigenvalue weighted by Gasteiger charge is -2.27. The smallest absolute Gasteiger partial charge is 0.386 e. The van der Waals surface area contributed by atoms with Gasteiger partial charge in [0.1, 0.15) is 18.2 Å². The van der Waals surface area contributed by atoms with E-state index in [4.69, 9.17) is 14.5 Å². The maximum Gasteiger partial charge on any atom is 0.386 e. The van der Waals surface area contributed by atoms with Crippen LogP contribution >= 0.6 is 0 Å². The summed E-state index contributed by atoms with van der Waals surface area (Å²) < 4.78 is 44.6. The molecule has 5 rings (SSSR count). The number of hydrogen-bond acceptors (Lipinski definition) is 7. The van der Waals surface area contributed by atoms with Crippen LogP contribution in [-0.2, 0) is 11.8 Å². The van der Waals surface area contributed by atoms with E-state index in [0.717, 1.165) is 17.2 Å². The second-order valence-electron chi connectivity index (χ2n) is 8.76. The molecule has 1 saturated heterocycles. The summed E-state index contributed by atoms with van der Waals surface area (Å²) in [5.41, 5.74) is 2.38. The molecule has 1 aromatic carbocycles. The van der Waals surface area contributed by atoms with Crippen LogP contribution in [0.3, 0.4) is 0 Å². The number of nitrogens with zero attached hydrogens (tertiary/aromatic N) is 6. The minimum absolute atomic E-state index is 0.0492. The van der Waals surface area contributed by atoms with Gasteiger partial charge in [-0.1, -0.05) is 0 Å². The first-order valence-electron chi connectivity index (χ1n) is 11.6. The van der Waals surface area contributed by atoms with Gasteiger partial charge in [-0.25, -0.2) is 18.6 Å². The number of aryl methyl sites for hydroxylation is 1. The van der Waals surface area contributed by atoms with E-state index >= 15 is 8.78 Å². The number of carbonyl (C=O) groups excluding carboxylic acids is 1. The number of benzene rings is 1. The molecule has 9 nitrogen and oxygen atoms in total. The molecule has 0 aliphatic carbocycles. The van der Waals surface area contributed by atoms with Crippen LogP contribution in [0.1, 0.15) is 12.8 Å². The number of ether oxygens (including phenoxy) is 2. The van der Waals surface area contributed by atoms with Gasteiger partial charge >= 0.3 is 5.91 Å². The predicted octanol–water partition coefficient (Wildman–Crippen LogP) is 3.87. The Hall–Kier alpha value is -4.41. The zero-order chi connectivity index (χ0) is 26.3. The molecule has 0 bridgehead atoms. The quantitative estimate of drug-likeness (QED) is 0.351. The van der Waals surface area contributed by atoms with Crippen molar-refractivity contribution in [2.45, 2.75) is 18.9 Å². The number of pyridine rings is 2. The summed E-state index contributed by atoms with van der Waals surface area (Å²) in [6.45, 7) is 3.88. The lowest BCUT2D eigenvalue weighted by Crippen LogP contribution is -2.35. The van der Waals surface area contributed by atoms with Gasteiger partial charge in [0.05, 0.1) is 44.4 Å². The normalized spacial score (nSPS) is 15.4. The monoisotopic (exact) mass is 507 g/mol. The van der Waals surface area contributed by atoms with Crippen LogP contribution in [0.4, 0.5) is 20.3 Å². The summed E-state index contributed by atoms with van der Waals surface area (Å²) in [4.78, 5) is 22.8. The summed E-state index contributed by atoms with van der Waals surface area (Å²) in [7, 11) is 4.39. The zero-order valence-electron chi connectivity index (χ0n) is 20.6. The molecule has 3 aromatic heterocycles. The minimum Gasteiger partial charge on any atom is -0.493 e. The fourth-order valence-electron chi connectivity index (χ4n) is 4.48. The van der Waals surface area contributed by atoms with Crippen LogP contribution in [0.5, 0.6) is 11.5 Å². The van der Waals surface area contributed by atoms with E-state index in [1.165, 1.54) is 23.7 Å². The average molecular weight is 508 g/mol. The Kier molecular flexibility index (Phi) is 6.28. The molecule has 11 heteroatoms. The van der Waals surface area contributed by atoms with E-state index in [9.17, 15) is 4.79 Å². The van der Waals surface area contributed by atoms with Crippen LogP contribution in [0.15, 0.2) is 42.9 Å². The first kappa shape index (κ1) is 24.3. The lowest BCUT2D eigenvalue weighted by molar-refractivity contribution is -0.461. The summed E-state index contributed by atoms with van der Waals surface area (Å²) in [5, 5.41) is 4.20. The van der Waals surface area contributed by atoms with Crippen molar-refractivity contribution in [3.05, 3.63) is 54.5 Å². The number of aromatic nitrogens is 4. The Morgan fingerprint density at radius 1 is 1.11 bits per heavy atom. The second-order valence-corrected chi connectivity index (χ2v) is 8.76. The fraction of sp³-hybridized carbons (Fsp3) is 0.269. The largest absolute Gasteiger partial charge is 0.493 e. The second kappa shape index (κ2) is 9.57. The Bertz CT molecular complexity index is 1510. The molecular formula is C26H25F2N6O3+. The highest BCUT2D eigenvalue weighted by atomic mass is 19.1. The Labute approximate surface area is 211 Å². The van der Waals surface area contributed by atoms with E-state index in [2.05, 4.69) is 16.8 Å². The summed E-state index contributed by atoms with van der Waals surface area (Å²) in [6, 6.07) is 5.96. The number of amides is 1. The molecule has 1 fully saturated rings. The van der Waals surface area contributed by atoms with Gasteiger partial charge in [0.2, 0.25) is 0 Å². The van der Waals surface area contributed by atoms with Crippen molar-refractivity contribution in [1.82, 2.24) is 19.7 Å². The maximum absolute atomic E-state index is 15.6. The molecule has 190 valence electrons. The van der Waals surface area contributed by atoms with E-state index in [0.29, 0.717) is 23.9 Å². The highest BCUT2D eigenvalue weighted by molar-refractivity contribution is 5.82. The topological polar surface area (TPSA) is 85.4 Å². The molecule has 0 saturated carbocycles. The molecule has 1 amide bonds. The highest BCUT2D eigenvalue weighted by Gasteiger charge is 2.38. The molecule has 0 radical (unpaired) electrons. The number of anilines is 2. The van der Waals surface area contributed by atoms with Crippen LogP contribution in [0, 0.1) is 11.6 Å². The van der Waals surface area contributed by atoms with E-state index in [1.54, 1.807) is 29.2 Å². The Balaban J connectivity index is 1.67. The maximum atomic E-state index is 15.6. The predicted molar refractivity (Wildman–Crippen MR) is 134 cm³/mol. The van der Waals surface area contributed by atoms with Gasteiger partial charge in [-0.15, -0.1) is 0 Å². The number of rotatable bonds is 7. The van der Waals surface area contributed by atoms with Crippen molar-refractivity contribution in [3.8, 4) is 22.6 Å². The first-order valence-corrected chi connectivity index (χ1v) is 11.6.